The van der Waals surface area contributed by atoms with Crippen molar-refractivity contribution in [1.29, 1.82) is 5.26 Å². The average molecular weight is 381 g/mol. The summed E-state index contributed by atoms with van der Waals surface area (Å²) >= 11 is 0.370. The molecular formula is C15H16F5N3OS. The zero-order chi connectivity index (χ0) is 18.7. The third-order valence-corrected chi connectivity index (χ3v) is 4.48. The lowest BCUT2D eigenvalue weighted by Crippen LogP contribution is -2.43. The van der Waals surface area contributed by atoms with Gasteiger partial charge in [0.2, 0.25) is 0 Å². The SMILES string of the molecule is N#CSc1cc(C(F)(F)F)cn(CCCN2CCCC(F)(F)C2)c1=O. The number of hydrogen-bond acceptors (Lipinski definition) is 4. The van der Waals surface area contributed by atoms with Crippen molar-refractivity contribution in [2.75, 3.05) is 19.6 Å². The van der Waals surface area contributed by atoms with Gasteiger partial charge in [-0.25, -0.2) is 8.78 Å². The summed E-state index contributed by atoms with van der Waals surface area (Å²) < 4.78 is 66.3. The normalized spacial score (nSPS) is 18.1. The zero-order valence-corrected chi connectivity index (χ0v) is 14.0. The number of thiocyanates is 1. The van der Waals surface area contributed by atoms with Gasteiger partial charge in [-0.1, -0.05) is 0 Å². The molecule has 0 aromatic carbocycles. The monoisotopic (exact) mass is 381 g/mol. The molecule has 1 fully saturated rings. The smallest absolute Gasteiger partial charge is 0.314 e. The first kappa shape index (κ1) is 19.7. The van der Waals surface area contributed by atoms with Crippen LogP contribution in [0.2, 0.25) is 0 Å². The molecule has 1 aromatic rings. The van der Waals surface area contributed by atoms with Crippen molar-refractivity contribution in [3.63, 3.8) is 0 Å². The number of aryl methyl sites for hydroxylation is 1. The van der Waals surface area contributed by atoms with Gasteiger partial charge in [-0.2, -0.15) is 18.4 Å². The number of likely N-dealkylation sites (tertiary alicyclic amines) is 1. The van der Waals surface area contributed by atoms with E-state index in [2.05, 4.69) is 0 Å². The summed E-state index contributed by atoms with van der Waals surface area (Å²) in [6.07, 6.45) is -3.48. The Morgan fingerprint density at radius 3 is 2.64 bits per heavy atom. The lowest BCUT2D eigenvalue weighted by atomic mass is 10.1. The maximum atomic E-state index is 13.3. The van der Waals surface area contributed by atoms with Crippen LogP contribution in [0.5, 0.6) is 0 Å². The predicted molar refractivity (Wildman–Crippen MR) is 82.4 cm³/mol. The van der Waals surface area contributed by atoms with E-state index in [-0.39, 0.29) is 37.4 Å². The van der Waals surface area contributed by atoms with Gasteiger partial charge in [0.1, 0.15) is 5.40 Å². The standard InChI is InChI=1S/C15H16F5N3OS/c16-14(17)3-1-4-22(9-14)5-2-6-23-8-11(15(18,19)20)7-12(13(23)24)25-10-21/h7-8H,1-6,9H2. The summed E-state index contributed by atoms with van der Waals surface area (Å²) in [6, 6.07) is 0.651. The molecule has 0 saturated carbocycles. The van der Waals surface area contributed by atoms with Crippen LogP contribution in [0.3, 0.4) is 0 Å². The first-order valence-electron chi connectivity index (χ1n) is 7.60. The fourth-order valence-corrected chi connectivity index (χ4v) is 3.24. The van der Waals surface area contributed by atoms with Crippen LogP contribution in [0.1, 0.15) is 24.8 Å². The maximum Gasteiger partial charge on any atom is 0.417 e. The van der Waals surface area contributed by atoms with Gasteiger partial charge in [0.25, 0.3) is 11.5 Å². The van der Waals surface area contributed by atoms with Crippen molar-refractivity contribution in [2.45, 2.75) is 42.8 Å². The summed E-state index contributed by atoms with van der Waals surface area (Å²) in [5, 5.41) is 10.2. The number of halogens is 5. The van der Waals surface area contributed by atoms with Gasteiger partial charge in [0, 0.05) is 25.7 Å². The van der Waals surface area contributed by atoms with Gasteiger partial charge >= 0.3 is 6.18 Å². The number of alkyl halides is 5. The summed E-state index contributed by atoms with van der Waals surface area (Å²) in [7, 11) is 0. The van der Waals surface area contributed by atoms with Crippen LogP contribution in [-0.4, -0.2) is 35.0 Å². The van der Waals surface area contributed by atoms with Crippen LogP contribution in [0, 0.1) is 10.7 Å². The zero-order valence-electron chi connectivity index (χ0n) is 13.2. The summed E-state index contributed by atoms with van der Waals surface area (Å²) in [6.45, 7) is 0.353. The lowest BCUT2D eigenvalue weighted by molar-refractivity contribution is -0.138. The van der Waals surface area contributed by atoms with Gasteiger partial charge < -0.3 is 4.57 Å². The van der Waals surface area contributed by atoms with Gasteiger partial charge in [-0.3, -0.25) is 9.69 Å². The van der Waals surface area contributed by atoms with Gasteiger partial charge in [0.15, 0.2) is 0 Å². The van der Waals surface area contributed by atoms with Crippen LogP contribution in [0.25, 0.3) is 0 Å². The minimum absolute atomic E-state index is 0.0379. The summed E-state index contributed by atoms with van der Waals surface area (Å²) in [4.78, 5) is 13.4. The number of nitriles is 1. The minimum Gasteiger partial charge on any atom is -0.314 e. The first-order valence-corrected chi connectivity index (χ1v) is 8.42. The fourth-order valence-electron chi connectivity index (χ4n) is 2.75. The third kappa shape index (κ3) is 5.44. The maximum absolute atomic E-state index is 13.3. The van der Waals surface area contributed by atoms with E-state index < -0.39 is 23.2 Å². The van der Waals surface area contributed by atoms with E-state index in [1.54, 1.807) is 10.3 Å². The van der Waals surface area contributed by atoms with E-state index in [0.717, 1.165) is 4.57 Å². The first-order chi connectivity index (χ1) is 11.6. The average Bonchev–Trinajstić information content (AvgIpc) is 2.49. The minimum atomic E-state index is -4.64. The Morgan fingerprint density at radius 1 is 1.32 bits per heavy atom. The van der Waals surface area contributed by atoms with Crippen molar-refractivity contribution >= 4 is 11.8 Å². The molecule has 0 unspecified atom stereocenters. The Kier molecular flexibility index (Phi) is 6.11. The molecular weight excluding hydrogens is 365 g/mol. The fraction of sp³-hybridized carbons (Fsp3) is 0.600. The molecule has 4 nitrogen and oxygen atoms in total. The molecule has 0 atom stereocenters. The molecule has 2 heterocycles. The Labute approximate surface area is 145 Å². The highest BCUT2D eigenvalue weighted by Crippen LogP contribution is 2.30. The van der Waals surface area contributed by atoms with E-state index in [1.165, 1.54) is 0 Å². The Hall–Kier alpha value is -1.60. The highest BCUT2D eigenvalue weighted by Gasteiger charge is 2.35. The summed E-state index contributed by atoms with van der Waals surface area (Å²) in [5.41, 5.74) is -1.71. The molecule has 0 spiro atoms. The van der Waals surface area contributed by atoms with Crippen LogP contribution in [0.15, 0.2) is 22.0 Å². The highest BCUT2D eigenvalue weighted by atomic mass is 32.2. The molecule has 2 rings (SSSR count). The molecule has 1 aliphatic rings. The van der Waals surface area contributed by atoms with Gasteiger partial charge in [-0.15, -0.1) is 0 Å². The van der Waals surface area contributed by atoms with E-state index in [1.807, 2.05) is 0 Å². The van der Waals surface area contributed by atoms with Crippen LogP contribution >= 0.6 is 11.8 Å². The van der Waals surface area contributed by atoms with Crippen LogP contribution in [-0.2, 0) is 12.7 Å². The molecule has 0 radical (unpaired) electrons. The molecule has 0 amide bonds. The predicted octanol–water partition coefficient (Wildman–Crippen LogP) is 3.56. The third-order valence-electron chi connectivity index (χ3n) is 3.88. The van der Waals surface area contributed by atoms with E-state index >= 15 is 0 Å². The molecule has 0 bridgehead atoms. The number of piperidine rings is 1. The number of hydrogen-bond donors (Lipinski definition) is 0. The van der Waals surface area contributed by atoms with E-state index in [0.29, 0.717) is 37.0 Å². The number of aromatic nitrogens is 1. The molecule has 25 heavy (non-hydrogen) atoms. The summed E-state index contributed by atoms with van der Waals surface area (Å²) in [5.74, 6) is -2.75. The highest BCUT2D eigenvalue weighted by molar-refractivity contribution is 8.03. The molecule has 138 valence electrons. The van der Waals surface area contributed by atoms with E-state index in [9.17, 15) is 26.7 Å². The number of nitrogens with zero attached hydrogens (tertiary/aromatic N) is 3. The second-order valence-corrected chi connectivity index (χ2v) is 6.70. The molecule has 10 heteroatoms. The molecule has 1 aromatic heterocycles. The van der Waals surface area contributed by atoms with E-state index in [4.69, 9.17) is 5.26 Å². The van der Waals surface area contributed by atoms with Crippen LogP contribution in [0.4, 0.5) is 22.0 Å². The second kappa shape index (κ2) is 7.74. The van der Waals surface area contributed by atoms with Gasteiger partial charge in [-0.05, 0) is 37.2 Å². The quantitative estimate of drug-likeness (QED) is 0.445. The topological polar surface area (TPSA) is 49.0 Å². The second-order valence-electron chi connectivity index (χ2n) is 5.87. The lowest BCUT2D eigenvalue weighted by Gasteiger charge is -2.32. The van der Waals surface area contributed by atoms with Crippen molar-refractivity contribution in [1.82, 2.24) is 9.47 Å². The van der Waals surface area contributed by atoms with Crippen molar-refractivity contribution in [2.24, 2.45) is 0 Å². The molecule has 1 aliphatic heterocycles. The van der Waals surface area contributed by atoms with Crippen molar-refractivity contribution in [3.8, 4) is 5.40 Å². The van der Waals surface area contributed by atoms with Gasteiger partial charge in [0.05, 0.1) is 17.0 Å². The molecule has 0 aliphatic carbocycles. The Balaban J connectivity index is 2.09. The van der Waals surface area contributed by atoms with Crippen molar-refractivity contribution in [3.05, 3.63) is 28.2 Å². The number of thioether (sulfide) groups is 1. The molecule has 0 N–H and O–H groups in total. The van der Waals surface area contributed by atoms with Crippen LogP contribution < -0.4 is 5.56 Å². The largest absolute Gasteiger partial charge is 0.417 e. The Bertz CT molecular complexity index is 711. The Morgan fingerprint density at radius 2 is 2.04 bits per heavy atom. The molecule has 1 saturated heterocycles. The number of pyridine rings is 1. The van der Waals surface area contributed by atoms with Crippen molar-refractivity contribution < 1.29 is 22.0 Å². The number of rotatable bonds is 5.